The van der Waals surface area contributed by atoms with Gasteiger partial charge in [-0.05, 0) is 49.4 Å². The molecule has 0 saturated carbocycles. The van der Waals surface area contributed by atoms with E-state index < -0.39 is 0 Å². The molecule has 1 aromatic heterocycles. The van der Waals surface area contributed by atoms with Crippen molar-refractivity contribution in [2.24, 2.45) is 0 Å². The maximum atomic E-state index is 12.7. The highest BCUT2D eigenvalue weighted by molar-refractivity contribution is 6.31. The van der Waals surface area contributed by atoms with Crippen LogP contribution in [0.1, 0.15) is 17.4 Å². The number of hydrogen-bond donors (Lipinski definition) is 1. The minimum Gasteiger partial charge on any atom is -0.495 e. The number of carbonyl (C=O) groups excluding carboxylic acids is 1. The van der Waals surface area contributed by atoms with Crippen LogP contribution in [-0.2, 0) is 0 Å². The molecule has 0 fully saturated rings. The maximum absolute atomic E-state index is 12.7. The second kappa shape index (κ2) is 8.56. The zero-order valence-electron chi connectivity index (χ0n) is 15.1. The lowest BCUT2D eigenvalue weighted by atomic mass is 10.2. The largest absolute Gasteiger partial charge is 0.495 e. The van der Waals surface area contributed by atoms with Gasteiger partial charge >= 0.3 is 0 Å². The number of pyridine rings is 1. The molecule has 0 aliphatic heterocycles. The van der Waals surface area contributed by atoms with Crippen molar-refractivity contribution >= 4 is 34.6 Å². The Bertz CT molecular complexity index is 932. The van der Waals surface area contributed by atoms with E-state index in [1.54, 1.807) is 30.5 Å². The van der Waals surface area contributed by atoms with E-state index in [4.69, 9.17) is 16.3 Å². The molecular formula is C21H20ClN3O2. The summed E-state index contributed by atoms with van der Waals surface area (Å²) in [6, 6.07) is 18.7. The van der Waals surface area contributed by atoms with Gasteiger partial charge in [0, 0.05) is 29.1 Å². The quantitative estimate of drug-likeness (QED) is 0.641. The van der Waals surface area contributed by atoms with Gasteiger partial charge in [-0.3, -0.25) is 9.78 Å². The summed E-state index contributed by atoms with van der Waals surface area (Å²) in [7, 11) is 1.54. The van der Waals surface area contributed by atoms with Gasteiger partial charge in [-0.15, -0.1) is 0 Å². The van der Waals surface area contributed by atoms with E-state index in [1.165, 1.54) is 7.11 Å². The molecule has 1 heterocycles. The molecule has 1 N–H and O–H groups in total. The average Bonchev–Trinajstić information content (AvgIpc) is 2.70. The maximum Gasteiger partial charge on any atom is 0.274 e. The first-order valence-electron chi connectivity index (χ1n) is 8.56. The van der Waals surface area contributed by atoms with Gasteiger partial charge in [-0.1, -0.05) is 29.8 Å². The van der Waals surface area contributed by atoms with Crippen molar-refractivity contribution in [3.63, 3.8) is 0 Å². The van der Waals surface area contributed by atoms with Crippen molar-refractivity contribution in [3.8, 4) is 5.75 Å². The van der Waals surface area contributed by atoms with Crippen LogP contribution in [0.2, 0.25) is 5.02 Å². The molecule has 1 amide bonds. The number of para-hydroxylation sites is 1. The van der Waals surface area contributed by atoms with Crippen molar-refractivity contribution in [1.29, 1.82) is 0 Å². The monoisotopic (exact) mass is 381 g/mol. The van der Waals surface area contributed by atoms with Crippen LogP contribution < -0.4 is 15.0 Å². The van der Waals surface area contributed by atoms with Crippen LogP contribution in [0.3, 0.4) is 0 Å². The number of methoxy groups -OCH3 is 1. The Labute approximate surface area is 163 Å². The topological polar surface area (TPSA) is 54.5 Å². The third kappa shape index (κ3) is 4.38. The zero-order valence-corrected chi connectivity index (χ0v) is 15.9. The SMILES string of the molecule is CCN(c1ccccc1)c1ccnc(C(=O)Nc2cc(Cl)ccc2OC)c1. The molecule has 0 aliphatic rings. The molecule has 2 aromatic carbocycles. The lowest BCUT2D eigenvalue weighted by molar-refractivity contribution is 0.102. The van der Waals surface area contributed by atoms with E-state index in [9.17, 15) is 4.79 Å². The first kappa shape index (κ1) is 18.7. The number of benzene rings is 2. The van der Waals surface area contributed by atoms with E-state index in [0.717, 1.165) is 17.9 Å². The van der Waals surface area contributed by atoms with Crippen molar-refractivity contribution in [1.82, 2.24) is 4.98 Å². The van der Waals surface area contributed by atoms with Gasteiger partial charge in [0.1, 0.15) is 11.4 Å². The highest BCUT2D eigenvalue weighted by atomic mass is 35.5. The van der Waals surface area contributed by atoms with E-state index in [2.05, 4.69) is 22.1 Å². The summed E-state index contributed by atoms with van der Waals surface area (Å²) in [4.78, 5) is 19.0. The summed E-state index contributed by atoms with van der Waals surface area (Å²) < 4.78 is 5.27. The van der Waals surface area contributed by atoms with Gasteiger partial charge in [-0.2, -0.15) is 0 Å². The minimum atomic E-state index is -0.332. The van der Waals surface area contributed by atoms with Gasteiger partial charge in [0.15, 0.2) is 0 Å². The van der Waals surface area contributed by atoms with Gasteiger partial charge in [0.25, 0.3) is 5.91 Å². The van der Waals surface area contributed by atoms with Crippen molar-refractivity contribution in [2.75, 3.05) is 23.9 Å². The summed E-state index contributed by atoms with van der Waals surface area (Å²) in [6.45, 7) is 2.82. The molecule has 0 radical (unpaired) electrons. The Hall–Kier alpha value is -3.05. The zero-order chi connectivity index (χ0) is 19.2. The smallest absolute Gasteiger partial charge is 0.274 e. The second-order valence-electron chi connectivity index (χ2n) is 5.78. The van der Waals surface area contributed by atoms with Gasteiger partial charge in [0.05, 0.1) is 12.8 Å². The van der Waals surface area contributed by atoms with E-state index in [0.29, 0.717) is 22.2 Å². The fourth-order valence-corrected chi connectivity index (χ4v) is 2.97. The fourth-order valence-electron chi connectivity index (χ4n) is 2.80. The lowest BCUT2D eigenvalue weighted by Crippen LogP contribution is -2.18. The fraction of sp³-hybridized carbons (Fsp3) is 0.143. The molecule has 3 aromatic rings. The van der Waals surface area contributed by atoms with Gasteiger partial charge in [-0.25, -0.2) is 0 Å². The summed E-state index contributed by atoms with van der Waals surface area (Å²) in [5.41, 5.74) is 2.75. The van der Waals surface area contributed by atoms with Crippen LogP contribution >= 0.6 is 11.6 Å². The van der Waals surface area contributed by atoms with Crippen LogP contribution in [-0.4, -0.2) is 24.5 Å². The molecule has 3 rings (SSSR count). The second-order valence-corrected chi connectivity index (χ2v) is 6.21. The third-order valence-electron chi connectivity index (χ3n) is 4.08. The van der Waals surface area contributed by atoms with Crippen LogP contribution in [0.5, 0.6) is 5.75 Å². The molecular weight excluding hydrogens is 362 g/mol. The lowest BCUT2D eigenvalue weighted by Gasteiger charge is -2.23. The first-order valence-corrected chi connectivity index (χ1v) is 8.93. The Balaban J connectivity index is 1.87. The molecule has 0 aliphatic carbocycles. The molecule has 0 spiro atoms. The number of rotatable bonds is 6. The number of nitrogens with zero attached hydrogens (tertiary/aromatic N) is 2. The third-order valence-corrected chi connectivity index (χ3v) is 4.32. The van der Waals surface area contributed by atoms with Crippen LogP contribution in [0.4, 0.5) is 17.1 Å². The van der Waals surface area contributed by atoms with Crippen molar-refractivity contribution < 1.29 is 9.53 Å². The standard InChI is InChI=1S/C21H20ClN3O2/c1-3-25(16-7-5-4-6-8-16)17-11-12-23-19(14-17)21(26)24-18-13-15(22)9-10-20(18)27-2/h4-14H,3H2,1-2H3,(H,24,26). The summed E-state index contributed by atoms with van der Waals surface area (Å²) in [6.07, 6.45) is 1.63. The Morgan fingerprint density at radius 1 is 1.11 bits per heavy atom. The van der Waals surface area contributed by atoms with E-state index in [-0.39, 0.29) is 5.91 Å². The summed E-state index contributed by atoms with van der Waals surface area (Å²) >= 11 is 6.03. The van der Waals surface area contributed by atoms with Crippen LogP contribution in [0, 0.1) is 0 Å². The number of nitrogens with one attached hydrogen (secondary N) is 1. The highest BCUT2D eigenvalue weighted by Crippen LogP contribution is 2.29. The number of anilines is 3. The molecule has 0 bridgehead atoms. The summed E-state index contributed by atoms with van der Waals surface area (Å²) in [5, 5.41) is 3.32. The predicted molar refractivity (Wildman–Crippen MR) is 109 cm³/mol. The van der Waals surface area contributed by atoms with Crippen LogP contribution in [0.25, 0.3) is 0 Å². The van der Waals surface area contributed by atoms with Crippen molar-refractivity contribution in [2.45, 2.75) is 6.92 Å². The molecule has 0 unspecified atom stereocenters. The molecule has 27 heavy (non-hydrogen) atoms. The average molecular weight is 382 g/mol. The number of ether oxygens (including phenoxy) is 1. The van der Waals surface area contributed by atoms with Crippen LogP contribution in [0.15, 0.2) is 66.9 Å². The Morgan fingerprint density at radius 2 is 1.89 bits per heavy atom. The van der Waals surface area contributed by atoms with Gasteiger partial charge in [0.2, 0.25) is 0 Å². The Kier molecular flexibility index (Phi) is 5.94. The number of aromatic nitrogens is 1. The number of hydrogen-bond acceptors (Lipinski definition) is 4. The molecule has 5 nitrogen and oxygen atoms in total. The number of carbonyl (C=O) groups is 1. The molecule has 6 heteroatoms. The number of halogens is 1. The molecule has 0 saturated heterocycles. The van der Waals surface area contributed by atoms with Gasteiger partial charge < -0.3 is 15.0 Å². The minimum absolute atomic E-state index is 0.309. The number of amides is 1. The van der Waals surface area contributed by atoms with E-state index in [1.807, 2.05) is 36.4 Å². The first-order chi connectivity index (χ1) is 13.1. The highest BCUT2D eigenvalue weighted by Gasteiger charge is 2.14. The normalized spacial score (nSPS) is 10.3. The van der Waals surface area contributed by atoms with Crippen molar-refractivity contribution in [3.05, 3.63) is 77.6 Å². The summed E-state index contributed by atoms with van der Waals surface area (Å²) in [5.74, 6) is 0.199. The molecule has 138 valence electrons. The predicted octanol–water partition coefficient (Wildman–Crippen LogP) is 5.15. The molecule has 0 atom stereocenters. The van der Waals surface area contributed by atoms with E-state index >= 15 is 0 Å². The Morgan fingerprint density at radius 3 is 2.59 bits per heavy atom.